The number of hydrogen-bond acceptors (Lipinski definition) is 2. The number of nitrogens with one attached hydrogen (secondary N) is 1. The highest BCUT2D eigenvalue weighted by atomic mass is 16.2. The van der Waals surface area contributed by atoms with Crippen molar-refractivity contribution in [3.63, 3.8) is 0 Å². The van der Waals surface area contributed by atoms with E-state index in [2.05, 4.69) is 24.1 Å². The minimum absolute atomic E-state index is 0.130. The molecule has 4 heteroatoms. The summed E-state index contributed by atoms with van der Waals surface area (Å²) in [4.78, 5) is 25.7. The molecule has 2 rings (SSSR count). The number of rotatable bonds is 4. The van der Waals surface area contributed by atoms with Gasteiger partial charge in [-0.05, 0) is 31.4 Å². The lowest BCUT2D eigenvalue weighted by Gasteiger charge is -2.22. The second kappa shape index (κ2) is 6.01. The summed E-state index contributed by atoms with van der Waals surface area (Å²) in [5.41, 5.74) is 1.03. The highest BCUT2D eigenvalue weighted by Crippen LogP contribution is 2.28. The topological polar surface area (TPSA) is 49.4 Å². The Labute approximate surface area is 125 Å². The lowest BCUT2D eigenvalue weighted by molar-refractivity contribution is -0.130. The lowest BCUT2D eigenvalue weighted by atomic mass is 9.91. The van der Waals surface area contributed by atoms with Gasteiger partial charge in [-0.1, -0.05) is 43.5 Å². The number of carbonyl (C=O) groups excluding carboxylic acids is 2. The van der Waals surface area contributed by atoms with Gasteiger partial charge < -0.3 is 5.32 Å². The quantitative estimate of drug-likeness (QED) is 0.682. The molecule has 1 fully saturated rings. The zero-order valence-corrected chi connectivity index (χ0v) is 12.7. The van der Waals surface area contributed by atoms with Crippen LogP contribution < -0.4 is 5.32 Å². The number of amides is 3. The fourth-order valence-electron chi connectivity index (χ4n) is 2.49. The summed E-state index contributed by atoms with van der Waals surface area (Å²) in [7, 11) is 0. The SMILES string of the molecule is CC#CCN1C(=O)NC(C)(c2ccc(CCC)cc2)C1=O. The van der Waals surface area contributed by atoms with Crippen LogP contribution in [0.1, 0.15) is 38.3 Å². The van der Waals surface area contributed by atoms with E-state index >= 15 is 0 Å². The molecule has 1 aliphatic heterocycles. The third-order valence-electron chi connectivity index (χ3n) is 3.76. The van der Waals surface area contributed by atoms with Gasteiger partial charge in [-0.2, -0.15) is 0 Å². The molecule has 1 atom stereocenters. The van der Waals surface area contributed by atoms with Gasteiger partial charge in [-0.15, -0.1) is 5.92 Å². The van der Waals surface area contributed by atoms with Crippen molar-refractivity contribution < 1.29 is 9.59 Å². The number of hydrogen-bond donors (Lipinski definition) is 1. The van der Waals surface area contributed by atoms with Crippen LogP contribution in [-0.2, 0) is 16.8 Å². The molecule has 21 heavy (non-hydrogen) atoms. The van der Waals surface area contributed by atoms with Crippen LogP contribution in [0.4, 0.5) is 4.79 Å². The number of benzene rings is 1. The van der Waals surface area contributed by atoms with Crippen LogP contribution in [0, 0.1) is 11.8 Å². The van der Waals surface area contributed by atoms with Gasteiger partial charge in [0.05, 0.1) is 6.54 Å². The first-order chi connectivity index (χ1) is 10.0. The molecule has 1 heterocycles. The van der Waals surface area contributed by atoms with E-state index in [9.17, 15) is 9.59 Å². The third kappa shape index (κ3) is 2.78. The molecule has 1 aromatic carbocycles. The minimum atomic E-state index is -1.00. The van der Waals surface area contributed by atoms with E-state index in [1.807, 2.05) is 24.3 Å². The lowest BCUT2D eigenvalue weighted by Crippen LogP contribution is -2.40. The van der Waals surface area contributed by atoms with Crippen molar-refractivity contribution in [2.24, 2.45) is 0 Å². The van der Waals surface area contributed by atoms with Crippen molar-refractivity contribution in [1.29, 1.82) is 0 Å². The van der Waals surface area contributed by atoms with Crippen LogP contribution in [0.5, 0.6) is 0 Å². The fourth-order valence-corrected chi connectivity index (χ4v) is 2.49. The molecule has 4 nitrogen and oxygen atoms in total. The Balaban J connectivity index is 2.27. The Morgan fingerprint density at radius 1 is 1.24 bits per heavy atom. The molecule has 0 bridgehead atoms. The largest absolute Gasteiger partial charge is 0.326 e. The molecular weight excluding hydrogens is 264 g/mol. The monoisotopic (exact) mass is 284 g/mol. The summed E-state index contributed by atoms with van der Waals surface area (Å²) < 4.78 is 0. The maximum Gasteiger partial charge on any atom is 0.326 e. The minimum Gasteiger partial charge on any atom is -0.319 e. The van der Waals surface area contributed by atoms with Gasteiger partial charge in [0.15, 0.2) is 0 Å². The van der Waals surface area contributed by atoms with Crippen LogP contribution in [0.15, 0.2) is 24.3 Å². The van der Waals surface area contributed by atoms with Gasteiger partial charge in [0, 0.05) is 0 Å². The molecule has 110 valence electrons. The Morgan fingerprint density at radius 2 is 1.90 bits per heavy atom. The zero-order valence-electron chi connectivity index (χ0n) is 12.7. The maximum atomic E-state index is 12.5. The van der Waals surface area contributed by atoms with E-state index in [-0.39, 0.29) is 18.5 Å². The van der Waals surface area contributed by atoms with Gasteiger partial charge in [0.2, 0.25) is 0 Å². The van der Waals surface area contributed by atoms with E-state index < -0.39 is 5.54 Å². The van der Waals surface area contributed by atoms with Crippen molar-refractivity contribution in [3.05, 3.63) is 35.4 Å². The summed E-state index contributed by atoms with van der Waals surface area (Å²) in [6, 6.07) is 7.47. The summed E-state index contributed by atoms with van der Waals surface area (Å²) in [5, 5.41) is 2.78. The molecular formula is C17H20N2O2. The number of aryl methyl sites for hydroxylation is 1. The summed E-state index contributed by atoms with van der Waals surface area (Å²) in [6.45, 7) is 5.68. The van der Waals surface area contributed by atoms with Crippen LogP contribution in [0.25, 0.3) is 0 Å². The Bertz CT molecular complexity index is 610. The second-order valence-electron chi connectivity index (χ2n) is 5.32. The number of urea groups is 1. The molecule has 0 radical (unpaired) electrons. The molecule has 1 N–H and O–H groups in total. The zero-order chi connectivity index (χ0) is 15.5. The van der Waals surface area contributed by atoms with E-state index in [1.165, 1.54) is 5.56 Å². The smallest absolute Gasteiger partial charge is 0.319 e. The first kappa shape index (κ1) is 15.1. The summed E-state index contributed by atoms with van der Waals surface area (Å²) in [6.07, 6.45) is 2.09. The second-order valence-corrected chi connectivity index (χ2v) is 5.32. The molecule has 1 saturated heterocycles. The summed E-state index contributed by atoms with van der Waals surface area (Å²) >= 11 is 0. The van der Waals surface area contributed by atoms with Gasteiger partial charge in [-0.3, -0.25) is 9.69 Å². The molecule has 1 unspecified atom stereocenters. The van der Waals surface area contributed by atoms with Gasteiger partial charge in [-0.25, -0.2) is 4.79 Å². The molecule has 0 saturated carbocycles. The third-order valence-corrected chi connectivity index (χ3v) is 3.76. The average molecular weight is 284 g/mol. The van der Waals surface area contributed by atoms with Crippen LogP contribution in [0.3, 0.4) is 0 Å². The van der Waals surface area contributed by atoms with Crippen LogP contribution >= 0.6 is 0 Å². The van der Waals surface area contributed by atoms with Crippen molar-refractivity contribution in [3.8, 4) is 11.8 Å². The van der Waals surface area contributed by atoms with Crippen molar-refractivity contribution in [2.45, 2.75) is 39.2 Å². The molecule has 0 spiro atoms. The van der Waals surface area contributed by atoms with Crippen LogP contribution in [-0.4, -0.2) is 23.4 Å². The van der Waals surface area contributed by atoms with Gasteiger partial charge in [0.1, 0.15) is 5.54 Å². The van der Waals surface area contributed by atoms with Gasteiger partial charge >= 0.3 is 6.03 Å². The number of nitrogens with zero attached hydrogens (tertiary/aromatic N) is 1. The highest BCUT2D eigenvalue weighted by Gasteiger charge is 2.48. The first-order valence-corrected chi connectivity index (χ1v) is 7.16. The normalized spacial score (nSPS) is 21.0. The number of carbonyl (C=O) groups is 2. The fraction of sp³-hybridized carbons (Fsp3) is 0.412. The molecule has 0 aromatic heterocycles. The Kier molecular flexibility index (Phi) is 4.32. The first-order valence-electron chi connectivity index (χ1n) is 7.16. The van der Waals surface area contributed by atoms with Gasteiger partial charge in [0.25, 0.3) is 5.91 Å². The van der Waals surface area contributed by atoms with E-state index in [0.717, 1.165) is 23.3 Å². The molecule has 1 aromatic rings. The van der Waals surface area contributed by atoms with E-state index in [4.69, 9.17) is 0 Å². The van der Waals surface area contributed by atoms with Crippen molar-refractivity contribution >= 4 is 11.9 Å². The molecule has 1 aliphatic rings. The predicted molar refractivity (Wildman–Crippen MR) is 81.5 cm³/mol. The predicted octanol–water partition coefficient (Wildman–Crippen LogP) is 2.43. The average Bonchev–Trinajstić information content (AvgIpc) is 2.69. The molecule has 0 aliphatic carbocycles. The Hall–Kier alpha value is -2.28. The maximum absolute atomic E-state index is 12.5. The van der Waals surface area contributed by atoms with E-state index in [0.29, 0.717) is 0 Å². The van der Waals surface area contributed by atoms with E-state index in [1.54, 1.807) is 13.8 Å². The van der Waals surface area contributed by atoms with Crippen molar-refractivity contribution in [2.75, 3.05) is 6.54 Å². The highest BCUT2D eigenvalue weighted by molar-refractivity contribution is 6.07. The standard InChI is InChI=1S/C17H20N2O2/c1-4-6-12-19-15(20)17(3,18-16(19)21)14-10-8-13(7-5-2)9-11-14/h8-11H,5,7,12H2,1-3H3,(H,18,21). The summed E-state index contributed by atoms with van der Waals surface area (Å²) in [5.74, 6) is 5.21. The molecule has 3 amide bonds. The Morgan fingerprint density at radius 3 is 2.48 bits per heavy atom. The van der Waals surface area contributed by atoms with Crippen LogP contribution in [0.2, 0.25) is 0 Å². The number of imide groups is 1. The van der Waals surface area contributed by atoms with Crippen molar-refractivity contribution in [1.82, 2.24) is 10.2 Å².